The van der Waals surface area contributed by atoms with Crippen molar-refractivity contribution in [1.82, 2.24) is 5.32 Å². The highest BCUT2D eigenvalue weighted by Crippen LogP contribution is 2.33. The van der Waals surface area contributed by atoms with Gasteiger partial charge in [-0.05, 0) is 34.1 Å². The first kappa shape index (κ1) is 17.3. The lowest BCUT2D eigenvalue weighted by Crippen LogP contribution is -2.34. The Labute approximate surface area is 126 Å². The van der Waals surface area contributed by atoms with Gasteiger partial charge in [-0.1, -0.05) is 6.92 Å². The van der Waals surface area contributed by atoms with Gasteiger partial charge in [0.1, 0.15) is 0 Å². The van der Waals surface area contributed by atoms with Crippen LogP contribution in [0.25, 0.3) is 0 Å². The number of anilines is 1. The van der Waals surface area contributed by atoms with E-state index in [2.05, 4.69) is 26.6 Å². The Hall–Kier alpha value is -1.77. The lowest BCUT2D eigenvalue weighted by Gasteiger charge is -2.13. The fraction of sp³-hybridized carbons (Fsp3) is 0.333. The summed E-state index contributed by atoms with van der Waals surface area (Å²) in [5.41, 5.74) is -0.967. The zero-order valence-corrected chi connectivity index (χ0v) is 12.4. The van der Waals surface area contributed by atoms with Gasteiger partial charge >= 0.3 is 18.2 Å². The van der Waals surface area contributed by atoms with E-state index in [0.29, 0.717) is 0 Å². The molecule has 0 aliphatic carbocycles. The van der Waals surface area contributed by atoms with Crippen LogP contribution in [0.4, 0.5) is 23.7 Å². The summed E-state index contributed by atoms with van der Waals surface area (Å²) in [6.07, 6.45) is -4.52. The summed E-state index contributed by atoms with van der Waals surface area (Å²) in [5.74, 6) is -1.89. The maximum absolute atomic E-state index is 12.6. The van der Waals surface area contributed by atoms with Gasteiger partial charge in [0, 0.05) is 11.0 Å². The van der Waals surface area contributed by atoms with Crippen molar-refractivity contribution in [3.8, 4) is 0 Å². The second kappa shape index (κ2) is 6.79. The van der Waals surface area contributed by atoms with Gasteiger partial charge in [0.15, 0.2) is 0 Å². The average Bonchev–Trinajstić information content (AvgIpc) is 2.37. The normalized spacial score (nSPS) is 12.6. The van der Waals surface area contributed by atoms with Crippen LogP contribution in [0.5, 0.6) is 0 Å². The molecule has 0 fully saturated rings. The van der Waals surface area contributed by atoms with E-state index in [0.717, 1.165) is 18.2 Å². The van der Waals surface area contributed by atoms with Crippen molar-refractivity contribution in [3.05, 3.63) is 28.2 Å². The predicted molar refractivity (Wildman–Crippen MR) is 73.0 cm³/mol. The molecule has 0 heterocycles. The summed E-state index contributed by atoms with van der Waals surface area (Å²) in [5, 5.41) is 13.1. The number of carboxylic acids is 1. The molecule has 0 aromatic heterocycles. The van der Waals surface area contributed by atoms with Crippen molar-refractivity contribution < 1.29 is 27.9 Å². The number of carbonyl (C=O) groups excluding carboxylic acids is 1. The SMILES string of the molecule is CC(CNC(=O)Nc1cc(C(F)(F)F)ccc1Br)C(=O)O. The smallest absolute Gasteiger partial charge is 0.416 e. The number of aliphatic carboxylic acids is 1. The molecule has 1 atom stereocenters. The third-order valence-electron chi connectivity index (χ3n) is 2.53. The highest BCUT2D eigenvalue weighted by atomic mass is 79.9. The molecule has 116 valence electrons. The summed E-state index contributed by atoms with van der Waals surface area (Å²) in [4.78, 5) is 22.1. The van der Waals surface area contributed by atoms with Crippen molar-refractivity contribution >= 4 is 33.6 Å². The third kappa shape index (κ3) is 5.25. The zero-order chi connectivity index (χ0) is 16.2. The number of carboxylic acid groups (broad SMARTS) is 1. The van der Waals surface area contributed by atoms with Gasteiger partial charge in [0.05, 0.1) is 17.2 Å². The van der Waals surface area contributed by atoms with E-state index in [4.69, 9.17) is 5.11 Å². The summed E-state index contributed by atoms with van der Waals surface area (Å²) in [6.45, 7) is 1.25. The van der Waals surface area contributed by atoms with Crippen LogP contribution >= 0.6 is 15.9 Å². The molecule has 21 heavy (non-hydrogen) atoms. The zero-order valence-electron chi connectivity index (χ0n) is 10.8. The molecule has 5 nitrogen and oxygen atoms in total. The van der Waals surface area contributed by atoms with Gasteiger partial charge in [-0.2, -0.15) is 13.2 Å². The molecular weight excluding hydrogens is 357 g/mol. The minimum atomic E-state index is -4.52. The van der Waals surface area contributed by atoms with Crippen LogP contribution < -0.4 is 10.6 Å². The number of hydrogen-bond acceptors (Lipinski definition) is 2. The predicted octanol–water partition coefficient (Wildman–Crippen LogP) is 3.31. The van der Waals surface area contributed by atoms with Crippen LogP contribution in [0.3, 0.4) is 0 Å². The van der Waals surface area contributed by atoms with Crippen LogP contribution in [0.1, 0.15) is 12.5 Å². The highest BCUT2D eigenvalue weighted by molar-refractivity contribution is 9.10. The molecule has 3 N–H and O–H groups in total. The number of rotatable bonds is 4. The highest BCUT2D eigenvalue weighted by Gasteiger charge is 2.31. The Kier molecular flexibility index (Phi) is 5.59. The van der Waals surface area contributed by atoms with Gasteiger partial charge < -0.3 is 15.7 Å². The van der Waals surface area contributed by atoms with E-state index in [1.807, 2.05) is 0 Å². The van der Waals surface area contributed by atoms with Crippen LogP contribution in [0, 0.1) is 5.92 Å². The molecule has 0 bridgehead atoms. The standard InChI is InChI=1S/C12H12BrF3N2O3/c1-6(10(19)20)5-17-11(21)18-9-4-7(12(14,15)16)2-3-8(9)13/h2-4,6H,5H2,1H3,(H,19,20)(H2,17,18,21). The van der Waals surface area contributed by atoms with Gasteiger partial charge in [-0.15, -0.1) is 0 Å². The molecule has 9 heteroatoms. The first-order valence-electron chi connectivity index (χ1n) is 5.75. The molecule has 0 spiro atoms. The van der Waals surface area contributed by atoms with Crippen molar-refractivity contribution in [1.29, 1.82) is 0 Å². The van der Waals surface area contributed by atoms with Crippen LogP contribution in [0.2, 0.25) is 0 Å². The van der Waals surface area contributed by atoms with Crippen LogP contribution in [0.15, 0.2) is 22.7 Å². The van der Waals surface area contributed by atoms with Gasteiger partial charge in [-0.3, -0.25) is 4.79 Å². The second-order valence-corrected chi connectivity index (χ2v) is 5.12. The Morgan fingerprint density at radius 3 is 2.52 bits per heavy atom. The Balaban J connectivity index is 2.74. The molecule has 0 radical (unpaired) electrons. The number of halogens is 4. The molecule has 2 amide bonds. The topological polar surface area (TPSA) is 78.4 Å². The number of hydrogen-bond donors (Lipinski definition) is 3. The van der Waals surface area contributed by atoms with Crippen LogP contribution in [-0.4, -0.2) is 23.7 Å². The average molecular weight is 369 g/mol. The van der Waals surface area contributed by atoms with Crippen molar-refractivity contribution in [3.63, 3.8) is 0 Å². The Bertz CT molecular complexity index is 549. The minimum Gasteiger partial charge on any atom is -0.481 e. The van der Waals surface area contributed by atoms with Gasteiger partial charge in [-0.25, -0.2) is 4.79 Å². The first-order valence-corrected chi connectivity index (χ1v) is 6.55. The molecule has 0 saturated carbocycles. The lowest BCUT2D eigenvalue weighted by atomic mass is 10.2. The van der Waals surface area contributed by atoms with E-state index in [1.165, 1.54) is 6.92 Å². The van der Waals surface area contributed by atoms with Crippen molar-refractivity contribution in [2.45, 2.75) is 13.1 Å². The molecule has 0 aliphatic rings. The van der Waals surface area contributed by atoms with Crippen molar-refractivity contribution in [2.75, 3.05) is 11.9 Å². The van der Waals surface area contributed by atoms with Crippen molar-refractivity contribution in [2.24, 2.45) is 5.92 Å². The summed E-state index contributed by atoms with van der Waals surface area (Å²) in [7, 11) is 0. The van der Waals surface area contributed by atoms with Crippen LogP contribution in [-0.2, 0) is 11.0 Å². The number of alkyl halides is 3. The molecule has 1 aromatic rings. The van der Waals surface area contributed by atoms with Gasteiger partial charge in [0.25, 0.3) is 0 Å². The summed E-state index contributed by atoms with van der Waals surface area (Å²) >= 11 is 3.02. The minimum absolute atomic E-state index is 0.0645. The molecule has 1 unspecified atom stereocenters. The number of amides is 2. The molecule has 1 rings (SSSR count). The maximum atomic E-state index is 12.6. The summed E-state index contributed by atoms with van der Waals surface area (Å²) < 4.78 is 38.0. The Morgan fingerprint density at radius 1 is 1.38 bits per heavy atom. The maximum Gasteiger partial charge on any atom is 0.416 e. The third-order valence-corrected chi connectivity index (χ3v) is 3.22. The van der Waals surface area contributed by atoms with E-state index in [1.54, 1.807) is 0 Å². The van der Waals surface area contributed by atoms with E-state index in [9.17, 15) is 22.8 Å². The fourth-order valence-electron chi connectivity index (χ4n) is 1.30. The number of urea groups is 1. The number of benzene rings is 1. The number of nitrogens with one attached hydrogen (secondary N) is 2. The quantitative estimate of drug-likeness (QED) is 0.762. The first-order chi connectivity index (χ1) is 9.61. The van der Waals surface area contributed by atoms with Gasteiger partial charge in [0.2, 0.25) is 0 Å². The molecule has 0 aliphatic heterocycles. The van der Waals surface area contributed by atoms with E-state index in [-0.39, 0.29) is 16.7 Å². The monoisotopic (exact) mass is 368 g/mol. The van der Waals surface area contributed by atoms with E-state index < -0.39 is 29.7 Å². The number of carbonyl (C=O) groups is 2. The second-order valence-electron chi connectivity index (χ2n) is 4.27. The molecular formula is C12H12BrF3N2O3. The molecule has 0 saturated heterocycles. The molecule has 1 aromatic carbocycles. The lowest BCUT2D eigenvalue weighted by molar-refractivity contribution is -0.141. The fourth-order valence-corrected chi connectivity index (χ4v) is 1.64. The Morgan fingerprint density at radius 2 is 2.00 bits per heavy atom. The van der Waals surface area contributed by atoms with E-state index >= 15 is 0 Å². The summed E-state index contributed by atoms with van der Waals surface area (Å²) in [6, 6.07) is 2.03. The largest absolute Gasteiger partial charge is 0.481 e.